The highest BCUT2D eigenvalue weighted by atomic mass is 79.9. The molecule has 0 aromatic carbocycles. The van der Waals surface area contributed by atoms with Gasteiger partial charge in [0, 0.05) is 17.8 Å². The zero-order chi connectivity index (χ0) is 7.84. The predicted octanol–water partition coefficient (Wildman–Crippen LogP) is 1.79. The number of pyridine rings is 1. The second kappa shape index (κ2) is 2.57. The third-order valence-corrected chi connectivity index (χ3v) is 2.76. The molecule has 2 nitrogen and oxygen atoms in total. The molecule has 1 aromatic rings. The lowest BCUT2D eigenvalue weighted by Crippen LogP contribution is -2.06. The van der Waals surface area contributed by atoms with Crippen molar-refractivity contribution >= 4 is 15.9 Å². The summed E-state index contributed by atoms with van der Waals surface area (Å²) in [5.41, 5.74) is 8.43. The molecule has 1 unspecified atom stereocenters. The van der Waals surface area contributed by atoms with Gasteiger partial charge in [-0.1, -0.05) is 0 Å². The smallest absolute Gasteiger partial charge is 0.111 e. The summed E-state index contributed by atoms with van der Waals surface area (Å²) < 4.78 is 0.917. The quantitative estimate of drug-likeness (QED) is 0.667. The van der Waals surface area contributed by atoms with Crippen molar-refractivity contribution < 1.29 is 0 Å². The third-order valence-electron chi connectivity index (χ3n) is 2.13. The molecule has 1 aromatic heterocycles. The molecule has 2 N–H and O–H groups in total. The monoisotopic (exact) mass is 212 g/mol. The van der Waals surface area contributed by atoms with Crippen molar-refractivity contribution in [1.29, 1.82) is 0 Å². The normalized spacial score (nSPS) is 21.8. The molecule has 1 aliphatic rings. The highest BCUT2D eigenvalue weighted by Gasteiger charge is 2.21. The Morgan fingerprint density at radius 3 is 3.18 bits per heavy atom. The number of halogens is 1. The van der Waals surface area contributed by atoms with Gasteiger partial charge in [0.1, 0.15) is 4.60 Å². The first kappa shape index (κ1) is 7.25. The van der Waals surface area contributed by atoms with Gasteiger partial charge < -0.3 is 5.73 Å². The van der Waals surface area contributed by atoms with Crippen LogP contribution >= 0.6 is 15.9 Å². The number of fused-ring (bicyclic) bond motifs is 1. The van der Waals surface area contributed by atoms with Crippen molar-refractivity contribution in [3.63, 3.8) is 0 Å². The molecule has 58 valence electrons. The van der Waals surface area contributed by atoms with Crippen molar-refractivity contribution in [3.8, 4) is 0 Å². The van der Waals surface area contributed by atoms with Gasteiger partial charge in [0.15, 0.2) is 0 Å². The van der Waals surface area contributed by atoms with Crippen molar-refractivity contribution in [2.45, 2.75) is 18.9 Å². The van der Waals surface area contributed by atoms with Gasteiger partial charge in [0.25, 0.3) is 0 Å². The van der Waals surface area contributed by atoms with Crippen molar-refractivity contribution in [2.24, 2.45) is 5.73 Å². The van der Waals surface area contributed by atoms with Crippen LogP contribution in [0, 0.1) is 0 Å². The van der Waals surface area contributed by atoms with Gasteiger partial charge in [-0.25, -0.2) is 4.98 Å². The molecule has 0 radical (unpaired) electrons. The molecule has 0 aliphatic heterocycles. The predicted molar refractivity (Wildman–Crippen MR) is 47.2 cm³/mol. The van der Waals surface area contributed by atoms with E-state index in [2.05, 4.69) is 20.9 Å². The van der Waals surface area contributed by atoms with Crippen LogP contribution in [0.15, 0.2) is 16.9 Å². The molecule has 1 heterocycles. The molecule has 0 saturated heterocycles. The molecule has 1 aliphatic carbocycles. The van der Waals surface area contributed by atoms with Crippen LogP contribution in [0.4, 0.5) is 0 Å². The van der Waals surface area contributed by atoms with E-state index in [4.69, 9.17) is 5.73 Å². The summed E-state index contributed by atoms with van der Waals surface area (Å²) in [6, 6.07) is 2.24. The Hall–Kier alpha value is -0.410. The highest BCUT2D eigenvalue weighted by molar-refractivity contribution is 9.10. The zero-order valence-corrected chi connectivity index (χ0v) is 7.63. The second-order valence-electron chi connectivity index (χ2n) is 2.82. The van der Waals surface area contributed by atoms with Crippen LogP contribution in [-0.2, 0) is 6.42 Å². The second-order valence-corrected chi connectivity index (χ2v) is 3.57. The highest BCUT2D eigenvalue weighted by Crippen LogP contribution is 2.33. The summed E-state index contributed by atoms with van der Waals surface area (Å²) in [5.74, 6) is 0. The van der Waals surface area contributed by atoms with Crippen LogP contribution in [0.5, 0.6) is 0 Å². The Bertz CT molecular complexity index is 285. The number of nitrogens with two attached hydrogens (primary N) is 1. The van der Waals surface area contributed by atoms with Crippen LogP contribution in [0.25, 0.3) is 0 Å². The maximum atomic E-state index is 5.88. The molecule has 0 saturated carbocycles. The zero-order valence-electron chi connectivity index (χ0n) is 6.05. The number of rotatable bonds is 0. The lowest BCUT2D eigenvalue weighted by molar-refractivity contribution is 0.709. The van der Waals surface area contributed by atoms with Gasteiger partial charge in [-0.2, -0.15) is 0 Å². The maximum absolute atomic E-state index is 5.88. The fraction of sp³-hybridized carbons (Fsp3) is 0.375. The summed E-state index contributed by atoms with van der Waals surface area (Å²) >= 11 is 3.40. The van der Waals surface area contributed by atoms with Crippen LogP contribution in [0.2, 0.25) is 0 Å². The first-order chi connectivity index (χ1) is 5.29. The molecule has 0 amide bonds. The van der Waals surface area contributed by atoms with Crippen LogP contribution in [0.3, 0.4) is 0 Å². The largest absolute Gasteiger partial charge is 0.324 e. The average molecular weight is 213 g/mol. The number of nitrogens with zero attached hydrogens (tertiary/aromatic N) is 1. The van der Waals surface area contributed by atoms with Gasteiger partial charge in [0.2, 0.25) is 0 Å². The summed E-state index contributed by atoms with van der Waals surface area (Å²) in [5, 5.41) is 0. The van der Waals surface area contributed by atoms with Gasteiger partial charge in [-0.05, 0) is 40.4 Å². The Kier molecular flexibility index (Phi) is 1.69. The van der Waals surface area contributed by atoms with Gasteiger partial charge in [0.05, 0.1) is 0 Å². The molecule has 0 fully saturated rings. The minimum absolute atomic E-state index is 0.188. The summed E-state index contributed by atoms with van der Waals surface area (Å²) in [4.78, 5) is 4.14. The maximum Gasteiger partial charge on any atom is 0.111 e. The number of hydrogen-bond donors (Lipinski definition) is 1. The molecule has 0 spiro atoms. The van der Waals surface area contributed by atoms with Crippen molar-refractivity contribution in [3.05, 3.63) is 28.0 Å². The fourth-order valence-electron chi connectivity index (χ4n) is 1.55. The fourth-order valence-corrected chi connectivity index (χ4v) is 2.22. The van der Waals surface area contributed by atoms with E-state index in [0.29, 0.717) is 0 Å². The first-order valence-electron chi connectivity index (χ1n) is 3.68. The number of aryl methyl sites for hydroxylation is 1. The van der Waals surface area contributed by atoms with Gasteiger partial charge in [-0.15, -0.1) is 0 Å². The first-order valence-corrected chi connectivity index (χ1v) is 4.47. The Balaban J connectivity index is 2.58. The molecule has 0 bridgehead atoms. The van der Waals surface area contributed by atoms with E-state index >= 15 is 0 Å². The van der Waals surface area contributed by atoms with Crippen molar-refractivity contribution in [1.82, 2.24) is 4.98 Å². The summed E-state index contributed by atoms with van der Waals surface area (Å²) in [7, 11) is 0. The van der Waals surface area contributed by atoms with Gasteiger partial charge >= 0.3 is 0 Å². The Morgan fingerprint density at radius 2 is 2.45 bits per heavy atom. The van der Waals surface area contributed by atoms with Gasteiger partial charge in [-0.3, -0.25) is 0 Å². The lowest BCUT2D eigenvalue weighted by atomic mass is 10.1. The summed E-state index contributed by atoms with van der Waals surface area (Å²) in [6.07, 6.45) is 3.97. The van der Waals surface area contributed by atoms with E-state index in [1.54, 1.807) is 0 Å². The minimum Gasteiger partial charge on any atom is -0.324 e. The Labute approximate surface area is 73.9 Å². The average Bonchev–Trinajstić information content (AvgIpc) is 2.34. The topological polar surface area (TPSA) is 38.9 Å². The third kappa shape index (κ3) is 1.08. The molecule has 11 heavy (non-hydrogen) atoms. The number of hydrogen-bond acceptors (Lipinski definition) is 2. The van der Waals surface area contributed by atoms with E-state index in [1.807, 2.05) is 12.3 Å². The van der Waals surface area contributed by atoms with E-state index < -0.39 is 0 Å². The van der Waals surface area contributed by atoms with Crippen LogP contribution < -0.4 is 5.73 Å². The standard InChI is InChI=1S/C8H9BrN2/c9-8-7-5(3-4-11-8)1-2-6(7)10/h3-4,6H,1-2,10H2. The van der Waals surface area contributed by atoms with E-state index in [-0.39, 0.29) is 6.04 Å². The molecular weight excluding hydrogens is 204 g/mol. The minimum atomic E-state index is 0.188. The van der Waals surface area contributed by atoms with E-state index in [1.165, 1.54) is 11.1 Å². The van der Waals surface area contributed by atoms with Crippen LogP contribution in [-0.4, -0.2) is 4.98 Å². The SMILES string of the molecule is NC1CCc2ccnc(Br)c21. The molecule has 2 rings (SSSR count). The van der Waals surface area contributed by atoms with E-state index in [0.717, 1.165) is 17.4 Å². The van der Waals surface area contributed by atoms with Crippen LogP contribution in [0.1, 0.15) is 23.6 Å². The molecular formula is C8H9BrN2. The van der Waals surface area contributed by atoms with Crippen molar-refractivity contribution in [2.75, 3.05) is 0 Å². The lowest BCUT2D eigenvalue weighted by Gasteiger charge is -2.04. The molecule has 3 heteroatoms. The molecule has 1 atom stereocenters. The summed E-state index contributed by atoms with van der Waals surface area (Å²) in [6.45, 7) is 0. The Morgan fingerprint density at radius 1 is 1.64 bits per heavy atom. The number of aromatic nitrogens is 1. The van der Waals surface area contributed by atoms with E-state index in [9.17, 15) is 0 Å².